The van der Waals surface area contributed by atoms with Crippen molar-refractivity contribution in [1.29, 1.82) is 0 Å². The maximum Gasteiger partial charge on any atom is 0.273 e. The zero-order chi connectivity index (χ0) is 18.6. The van der Waals surface area contributed by atoms with Crippen LogP contribution in [0.4, 0.5) is 5.69 Å². The van der Waals surface area contributed by atoms with E-state index in [2.05, 4.69) is 9.88 Å². The predicted octanol–water partition coefficient (Wildman–Crippen LogP) is 1.54. The molecule has 0 aromatic carbocycles. The van der Waals surface area contributed by atoms with Gasteiger partial charge in [-0.25, -0.2) is 0 Å². The Labute approximate surface area is 160 Å². The third kappa shape index (κ3) is 3.93. The van der Waals surface area contributed by atoms with Crippen LogP contribution < -0.4 is 4.90 Å². The van der Waals surface area contributed by atoms with Crippen molar-refractivity contribution in [2.24, 2.45) is 0 Å². The van der Waals surface area contributed by atoms with Crippen molar-refractivity contribution < 1.29 is 14.3 Å². The molecule has 146 valence electrons. The molecule has 0 spiro atoms. The summed E-state index contributed by atoms with van der Waals surface area (Å²) in [5, 5.41) is 0. The van der Waals surface area contributed by atoms with Gasteiger partial charge in [0, 0.05) is 44.6 Å². The summed E-state index contributed by atoms with van der Waals surface area (Å²) in [4.78, 5) is 36.5. The van der Waals surface area contributed by atoms with Crippen LogP contribution in [0, 0.1) is 0 Å². The maximum absolute atomic E-state index is 13.2. The number of hydrogen-bond acceptors (Lipinski definition) is 5. The van der Waals surface area contributed by atoms with Gasteiger partial charge in [-0.3, -0.25) is 14.6 Å². The first kappa shape index (κ1) is 18.2. The Bertz CT molecular complexity index is 684. The highest BCUT2D eigenvalue weighted by molar-refractivity contribution is 5.97. The number of carbonyl (C=O) groups excluding carboxylic acids is 2. The topological polar surface area (TPSA) is 66.0 Å². The Hall–Kier alpha value is -2.15. The lowest BCUT2D eigenvalue weighted by atomic mass is 10.00. The predicted molar refractivity (Wildman–Crippen MR) is 102 cm³/mol. The number of aromatic nitrogens is 1. The van der Waals surface area contributed by atoms with Crippen LogP contribution in [0.2, 0.25) is 0 Å². The first-order valence-electron chi connectivity index (χ1n) is 10.1. The molecule has 4 heterocycles. The van der Waals surface area contributed by atoms with E-state index < -0.39 is 0 Å². The fourth-order valence-electron chi connectivity index (χ4n) is 4.28. The van der Waals surface area contributed by atoms with Crippen LogP contribution in [0.15, 0.2) is 18.3 Å². The monoisotopic (exact) mass is 372 g/mol. The molecule has 7 heteroatoms. The van der Waals surface area contributed by atoms with Crippen LogP contribution in [0.1, 0.15) is 42.6 Å². The number of piperidine rings is 1. The molecule has 27 heavy (non-hydrogen) atoms. The van der Waals surface area contributed by atoms with Crippen molar-refractivity contribution in [2.45, 2.75) is 38.1 Å². The number of morpholine rings is 1. The lowest BCUT2D eigenvalue weighted by Crippen LogP contribution is -2.55. The van der Waals surface area contributed by atoms with Gasteiger partial charge < -0.3 is 19.4 Å². The number of amides is 2. The second-order valence-corrected chi connectivity index (χ2v) is 7.54. The first-order valence-corrected chi connectivity index (χ1v) is 10.1. The highest BCUT2D eigenvalue weighted by Gasteiger charge is 2.36. The number of pyridine rings is 1. The zero-order valence-corrected chi connectivity index (χ0v) is 15.8. The van der Waals surface area contributed by atoms with E-state index in [1.807, 2.05) is 17.0 Å². The van der Waals surface area contributed by atoms with Gasteiger partial charge in [-0.2, -0.15) is 0 Å². The van der Waals surface area contributed by atoms with E-state index in [4.69, 9.17) is 4.74 Å². The van der Waals surface area contributed by atoms with E-state index in [0.29, 0.717) is 38.5 Å². The van der Waals surface area contributed by atoms with E-state index >= 15 is 0 Å². The number of nitrogens with zero attached hydrogens (tertiary/aromatic N) is 4. The van der Waals surface area contributed by atoms with E-state index in [1.54, 1.807) is 11.1 Å². The third-order valence-electron chi connectivity index (χ3n) is 5.81. The van der Waals surface area contributed by atoms with Crippen LogP contribution in [0.25, 0.3) is 0 Å². The minimum absolute atomic E-state index is 0.0575. The van der Waals surface area contributed by atoms with Crippen LogP contribution >= 0.6 is 0 Å². The number of ether oxygens (including phenoxy) is 1. The average Bonchev–Trinajstić information content (AvgIpc) is 3.28. The Morgan fingerprint density at radius 3 is 2.52 bits per heavy atom. The molecule has 3 saturated heterocycles. The molecular weight excluding hydrogens is 344 g/mol. The van der Waals surface area contributed by atoms with Crippen LogP contribution in [0.3, 0.4) is 0 Å². The van der Waals surface area contributed by atoms with E-state index in [-0.39, 0.29) is 17.9 Å². The second kappa shape index (κ2) is 8.25. The van der Waals surface area contributed by atoms with Gasteiger partial charge in [0.2, 0.25) is 5.91 Å². The summed E-state index contributed by atoms with van der Waals surface area (Å²) in [5.41, 5.74) is 1.50. The lowest BCUT2D eigenvalue weighted by Gasteiger charge is -2.38. The number of hydrogen-bond donors (Lipinski definition) is 0. The van der Waals surface area contributed by atoms with Gasteiger partial charge in [-0.15, -0.1) is 0 Å². The molecule has 3 aliphatic heterocycles. The number of rotatable bonds is 3. The average molecular weight is 372 g/mol. The molecule has 0 saturated carbocycles. The molecule has 3 fully saturated rings. The van der Waals surface area contributed by atoms with Crippen LogP contribution in [-0.2, 0) is 9.53 Å². The first-order chi connectivity index (χ1) is 13.2. The fraction of sp³-hybridized carbons (Fsp3) is 0.650. The lowest BCUT2D eigenvalue weighted by molar-refractivity contribution is -0.141. The van der Waals surface area contributed by atoms with E-state index in [1.165, 1.54) is 12.8 Å². The number of likely N-dealkylation sites (tertiary alicyclic amines) is 1. The number of carbonyl (C=O) groups is 2. The third-order valence-corrected chi connectivity index (χ3v) is 5.81. The molecule has 2 amide bonds. The molecule has 0 N–H and O–H groups in total. The highest BCUT2D eigenvalue weighted by Crippen LogP contribution is 2.24. The molecular formula is C20H28N4O3. The van der Waals surface area contributed by atoms with Gasteiger partial charge in [-0.05, 0) is 44.2 Å². The van der Waals surface area contributed by atoms with Gasteiger partial charge in [0.25, 0.3) is 5.91 Å². The number of anilines is 1. The maximum atomic E-state index is 13.2. The van der Waals surface area contributed by atoms with Gasteiger partial charge in [0.15, 0.2) is 0 Å². The molecule has 0 aliphatic carbocycles. The molecule has 3 aliphatic rings. The molecule has 7 nitrogen and oxygen atoms in total. The van der Waals surface area contributed by atoms with Gasteiger partial charge in [0.05, 0.1) is 13.2 Å². The van der Waals surface area contributed by atoms with Crippen molar-refractivity contribution in [2.75, 3.05) is 50.8 Å². The van der Waals surface area contributed by atoms with Crippen LogP contribution in [0.5, 0.6) is 0 Å². The molecule has 0 radical (unpaired) electrons. The van der Waals surface area contributed by atoms with Gasteiger partial charge in [-0.1, -0.05) is 0 Å². The van der Waals surface area contributed by atoms with Crippen molar-refractivity contribution in [1.82, 2.24) is 14.8 Å². The van der Waals surface area contributed by atoms with Crippen molar-refractivity contribution >= 4 is 17.5 Å². The van der Waals surface area contributed by atoms with E-state index in [9.17, 15) is 9.59 Å². The Morgan fingerprint density at radius 1 is 1.00 bits per heavy atom. The fourth-order valence-corrected chi connectivity index (χ4v) is 4.28. The van der Waals surface area contributed by atoms with Crippen molar-refractivity contribution in [3.63, 3.8) is 0 Å². The molecule has 1 atom stereocenters. The summed E-state index contributed by atoms with van der Waals surface area (Å²) >= 11 is 0. The normalized spacial score (nSPS) is 23.6. The quantitative estimate of drug-likeness (QED) is 0.805. The smallest absolute Gasteiger partial charge is 0.273 e. The van der Waals surface area contributed by atoms with Gasteiger partial charge >= 0.3 is 0 Å². The summed E-state index contributed by atoms with van der Waals surface area (Å²) in [6.45, 7) is 5.05. The summed E-state index contributed by atoms with van der Waals surface area (Å²) in [6.07, 6.45) is 6.73. The molecule has 4 rings (SSSR count). The molecule has 1 aromatic rings. The van der Waals surface area contributed by atoms with Crippen molar-refractivity contribution in [3.8, 4) is 0 Å². The Kier molecular flexibility index (Phi) is 5.57. The summed E-state index contributed by atoms with van der Waals surface area (Å²) in [6, 6.07) is 3.48. The summed E-state index contributed by atoms with van der Waals surface area (Å²) in [7, 11) is 0. The summed E-state index contributed by atoms with van der Waals surface area (Å²) < 4.78 is 5.35. The minimum atomic E-state index is -0.374. The van der Waals surface area contributed by atoms with Crippen LogP contribution in [-0.4, -0.2) is 78.6 Å². The zero-order valence-electron chi connectivity index (χ0n) is 15.8. The largest absolute Gasteiger partial charge is 0.378 e. The molecule has 1 aromatic heterocycles. The van der Waals surface area contributed by atoms with Crippen molar-refractivity contribution in [3.05, 3.63) is 24.0 Å². The van der Waals surface area contributed by atoms with Gasteiger partial charge in [0.1, 0.15) is 11.7 Å². The van der Waals surface area contributed by atoms with E-state index in [0.717, 1.165) is 38.0 Å². The minimum Gasteiger partial charge on any atom is -0.378 e. The standard InChI is InChI=1S/C20H28N4O3/c25-19(17-15-16(6-7-21-17)22-8-3-4-9-22)24-10-2-1-5-18(24)20(26)23-11-13-27-14-12-23/h6-7,15,18H,1-5,8-14H2. The highest BCUT2D eigenvalue weighted by atomic mass is 16.5. The summed E-state index contributed by atoms with van der Waals surface area (Å²) in [5.74, 6) is -0.0654. The Morgan fingerprint density at radius 2 is 1.74 bits per heavy atom. The molecule has 1 unspecified atom stereocenters. The second-order valence-electron chi connectivity index (χ2n) is 7.54. The molecule has 0 bridgehead atoms. The Balaban J connectivity index is 1.51. The SMILES string of the molecule is O=C(C1CCCCN1C(=O)c1cc(N2CCCC2)ccn1)N1CCOCC1.